The molecule has 0 radical (unpaired) electrons. The lowest BCUT2D eigenvalue weighted by Gasteiger charge is -2.41. The molecule has 3 aromatic rings. The number of benzene rings is 3. The number of nitrogens with zero attached hydrogens (tertiary/aromatic N) is 1. The summed E-state index contributed by atoms with van der Waals surface area (Å²) in [4.78, 5) is 26.8. The van der Waals surface area contributed by atoms with Crippen LogP contribution in [0.15, 0.2) is 66.7 Å². The molecule has 0 spiro atoms. The number of amides is 1. The molecule has 2 atom stereocenters. The van der Waals surface area contributed by atoms with Crippen LogP contribution in [0.1, 0.15) is 69.7 Å². The minimum atomic E-state index is -0.586. The van der Waals surface area contributed by atoms with E-state index in [4.69, 9.17) is 14.2 Å². The van der Waals surface area contributed by atoms with E-state index in [1.807, 2.05) is 69.0 Å². The van der Waals surface area contributed by atoms with E-state index in [9.17, 15) is 9.59 Å². The number of esters is 1. The number of likely N-dealkylation sites (tertiary alicyclic amines) is 1. The summed E-state index contributed by atoms with van der Waals surface area (Å²) in [5, 5.41) is 2.38. The quantitative estimate of drug-likeness (QED) is 0.301. The highest BCUT2D eigenvalue weighted by Gasteiger charge is 2.38. The zero-order valence-corrected chi connectivity index (χ0v) is 22.9. The normalized spacial score (nSPS) is 17.8. The van der Waals surface area contributed by atoms with Crippen LogP contribution in [0.4, 0.5) is 4.79 Å². The van der Waals surface area contributed by atoms with E-state index in [-0.39, 0.29) is 24.2 Å². The molecule has 1 amide bonds. The summed E-state index contributed by atoms with van der Waals surface area (Å²) < 4.78 is 17.4. The monoisotopic (exact) mass is 517 g/mol. The van der Waals surface area contributed by atoms with Crippen molar-refractivity contribution in [2.75, 3.05) is 13.2 Å². The Hall–Kier alpha value is -3.38. The first kappa shape index (κ1) is 27.6. The molecule has 0 aliphatic carbocycles. The molecular weight excluding hydrogens is 478 g/mol. The lowest BCUT2D eigenvalue weighted by Crippen LogP contribution is -2.47. The van der Waals surface area contributed by atoms with Crippen molar-refractivity contribution in [3.63, 3.8) is 0 Å². The second-order valence-electron chi connectivity index (χ2n) is 10.8. The van der Waals surface area contributed by atoms with Gasteiger partial charge in [-0.25, -0.2) is 4.79 Å². The van der Waals surface area contributed by atoms with Crippen LogP contribution in [-0.4, -0.2) is 41.8 Å². The Morgan fingerprint density at radius 2 is 1.66 bits per heavy atom. The van der Waals surface area contributed by atoms with Crippen LogP contribution < -0.4 is 0 Å². The van der Waals surface area contributed by atoms with Crippen molar-refractivity contribution in [3.8, 4) is 0 Å². The molecule has 202 valence electrons. The van der Waals surface area contributed by atoms with Gasteiger partial charge >= 0.3 is 12.1 Å². The molecule has 0 N–H and O–H groups in total. The van der Waals surface area contributed by atoms with Crippen LogP contribution >= 0.6 is 0 Å². The zero-order chi connectivity index (χ0) is 27.1. The molecule has 1 aliphatic heterocycles. The van der Waals surface area contributed by atoms with Gasteiger partial charge in [-0.2, -0.15) is 0 Å². The number of carbonyl (C=O) groups excluding carboxylic acids is 2. The fourth-order valence-electron chi connectivity index (χ4n) is 4.95. The largest absolute Gasteiger partial charge is 0.466 e. The number of fused-ring (bicyclic) bond motifs is 1. The van der Waals surface area contributed by atoms with Crippen molar-refractivity contribution < 1.29 is 23.8 Å². The Bertz CT molecular complexity index is 1230. The molecule has 1 fully saturated rings. The van der Waals surface area contributed by atoms with Crippen molar-refractivity contribution in [2.24, 2.45) is 0 Å². The summed E-state index contributed by atoms with van der Waals surface area (Å²) in [6.45, 7) is 8.93. The molecule has 1 aliphatic rings. The topological polar surface area (TPSA) is 65.1 Å². The Balaban J connectivity index is 1.54. The number of piperidine rings is 1. The average Bonchev–Trinajstić information content (AvgIpc) is 2.90. The first-order chi connectivity index (χ1) is 18.2. The second-order valence-corrected chi connectivity index (χ2v) is 10.8. The second kappa shape index (κ2) is 12.4. The van der Waals surface area contributed by atoms with Gasteiger partial charge in [-0.15, -0.1) is 0 Å². The summed E-state index contributed by atoms with van der Waals surface area (Å²) in [5.74, 6) is -0.192. The summed E-state index contributed by atoms with van der Waals surface area (Å²) >= 11 is 0. The molecule has 3 aromatic carbocycles. The summed E-state index contributed by atoms with van der Waals surface area (Å²) in [6.07, 6.45) is 2.15. The number of hydrogen-bond donors (Lipinski definition) is 0. The first-order valence-corrected chi connectivity index (χ1v) is 13.6. The van der Waals surface area contributed by atoms with Crippen LogP contribution in [0.2, 0.25) is 0 Å². The van der Waals surface area contributed by atoms with E-state index >= 15 is 0 Å². The van der Waals surface area contributed by atoms with Crippen molar-refractivity contribution >= 4 is 22.8 Å². The van der Waals surface area contributed by atoms with Gasteiger partial charge in [-0.3, -0.25) is 9.69 Å². The van der Waals surface area contributed by atoms with Crippen molar-refractivity contribution in [1.29, 1.82) is 0 Å². The van der Waals surface area contributed by atoms with E-state index in [1.54, 1.807) is 0 Å². The highest BCUT2D eigenvalue weighted by atomic mass is 16.6. The number of rotatable bonds is 8. The molecule has 2 unspecified atom stereocenters. The maximum atomic E-state index is 13.3. The van der Waals surface area contributed by atoms with E-state index in [0.717, 1.165) is 29.5 Å². The Morgan fingerprint density at radius 3 is 2.37 bits per heavy atom. The third-order valence-corrected chi connectivity index (χ3v) is 6.73. The summed E-state index contributed by atoms with van der Waals surface area (Å²) in [6, 6.07) is 22.5. The van der Waals surface area contributed by atoms with Gasteiger partial charge in [-0.05, 0) is 80.5 Å². The molecule has 1 saturated heterocycles. The predicted molar refractivity (Wildman–Crippen MR) is 149 cm³/mol. The molecule has 6 nitrogen and oxygen atoms in total. The molecule has 0 bridgehead atoms. The SMILES string of the molecule is CCOC(=O)CCc1ccc(C2C(OCc3ccc4ccccc4c3)CCCN2C(=O)OC(C)(C)C)cc1. The van der Waals surface area contributed by atoms with Crippen LogP contribution in [0.3, 0.4) is 0 Å². The number of carbonyl (C=O) groups is 2. The fraction of sp³-hybridized carbons (Fsp3) is 0.438. The molecule has 38 heavy (non-hydrogen) atoms. The Kier molecular flexibility index (Phi) is 9.05. The van der Waals surface area contributed by atoms with Crippen LogP contribution in [0.5, 0.6) is 0 Å². The number of aryl methyl sites for hydroxylation is 1. The average molecular weight is 518 g/mol. The lowest BCUT2D eigenvalue weighted by atomic mass is 9.91. The predicted octanol–water partition coefficient (Wildman–Crippen LogP) is 6.99. The minimum Gasteiger partial charge on any atom is -0.466 e. The van der Waals surface area contributed by atoms with Crippen LogP contribution in [-0.2, 0) is 32.0 Å². The van der Waals surface area contributed by atoms with Crippen molar-refractivity contribution in [2.45, 2.75) is 77.7 Å². The summed E-state index contributed by atoms with van der Waals surface area (Å²) in [7, 11) is 0. The lowest BCUT2D eigenvalue weighted by molar-refractivity contribution is -0.143. The Labute approximate surface area is 225 Å². The van der Waals surface area contributed by atoms with E-state index in [2.05, 4.69) is 30.3 Å². The smallest absolute Gasteiger partial charge is 0.410 e. The maximum Gasteiger partial charge on any atom is 0.410 e. The van der Waals surface area contributed by atoms with E-state index in [0.29, 0.717) is 32.6 Å². The van der Waals surface area contributed by atoms with Gasteiger partial charge in [0.1, 0.15) is 5.60 Å². The third kappa shape index (κ3) is 7.35. The maximum absolute atomic E-state index is 13.3. The van der Waals surface area contributed by atoms with Crippen LogP contribution in [0, 0.1) is 0 Å². The Morgan fingerprint density at radius 1 is 0.947 bits per heavy atom. The van der Waals surface area contributed by atoms with Crippen molar-refractivity contribution in [1.82, 2.24) is 4.90 Å². The fourth-order valence-corrected chi connectivity index (χ4v) is 4.95. The van der Waals surface area contributed by atoms with E-state index in [1.165, 1.54) is 10.8 Å². The van der Waals surface area contributed by atoms with Gasteiger partial charge < -0.3 is 14.2 Å². The van der Waals surface area contributed by atoms with Gasteiger partial charge in [0.25, 0.3) is 0 Å². The molecule has 0 saturated carbocycles. The number of hydrogen-bond acceptors (Lipinski definition) is 5. The molecular formula is C32H39NO5. The number of ether oxygens (including phenoxy) is 3. The highest BCUT2D eigenvalue weighted by Crippen LogP contribution is 2.35. The molecule has 0 aromatic heterocycles. The van der Waals surface area contributed by atoms with Crippen molar-refractivity contribution in [3.05, 3.63) is 83.4 Å². The molecule has 6 heteroatoms. The van der Waals surface area contributed by atoms with Gasteiger partial charge in [0, 0.05) is 13.0 Å². The third-order valence-electron chi connectivity index (χ3n) is 6.73. The van der Waals surface area contributed by atoms with Crippen LogP contribution in [0.25, 0.3) is 10.8 Å². The summed E-state index contributed by atoms with van der Waals surface area (Å²) in [5.41, 5.74) is 2.57. The van der Waals surface area contributed by atoms with Gasteiger partial charge in [0.05, 0.1) is 25.4 Å². The van der Waals surface area contributed by atoms with Gasteiger partial charge in [0.2, 0.25) is 0 Å². The first-order valence-electron chi connectivity index (χ1n) is 13.6. The van der Waals surface area contributed by atoms with E-state index < -0.39 is 5.60 Å². The highest BCUT2D eigenvalue weighted by molar-refractivity contribution is 5.83. The molecule has 4 rings (SSSR count). The van der Waals surface area contributed by atoms with Gasteiger partial charge in [0.15, 0.2) is 0 Å². The minimum absolute atomic E-state index is 0.173. The standard InChI is InChI=1S/C32H39NO5/c1-5-36-29(34)19-15-23-12-17-26(18-13-23)30-28(11-8-20-33(30)31(35)38-32(2,3)4)37-22-24-14-16-25-9-6-7-10-27(25)21-24/h6-7,9-10,12-14,16-18,21,28,30H,5,8,11,15,19-20,22H2,1-4H3. The zero-order valence-electron chi connectivity index (χ0n) is 22.9. The molecule has 1 heterocycles. The van der Waals surface area contributed by atoms with Gasteiger partial charge in [-0.1, -0.05) is 60.7 Å².